The number of carbonyl (C=O) groups is 1. The summed E-state index contributed by atoms with van der Waals surface area (Å²) < 4.78 is 40.5. The van der Waals surface area contributed by atoms with Crippen LogP contribution in [0.15, 0.2) is 54.9 Å². The first-order valence-electron chi connectivity index (χ1n) is 8.40. The van der Waals surface area contributed by atoms with E-state index in [1.807, 2.05) is 0 Å². The van der Waals surface area contributed by atoms with E-state index in [9.17, 15) is 18.0 Å². The van der Waals surface area contributed by atoms with Crippen LogP contribution in [0.25, 0.3) is 17.0 Å². The van der Waals surface area contributed by atoms with Crippen LogP contribution < -0.4 is 15.8 Å². The summed E-state index contributed by atoms with van der Waals surface area (Å²) in [6, 6.07) is 7.94. The number of anilines is 1. The van der Waals surface area contributed by atoms with E-state index < -0.39 is 18.0 Å². The molecular weight excluding hydrogens is 401 g/mol. The number of benzene rings is 1. The number of ether oxygens (including phenoxy) is 1. The van der Waals surface area contributed by atoms with E-state index in [-0.39, 0.29) is 16.9 Å². The molecule has 2 heterocycles. The number of nitrogens with two attached hydrogens (primary N) is 1. The Balaban J connectivity index is 1.85. The molecular formula is C19H15F3N6O2. The van der Waals surface area contributed by atoms with Crippen molar-refractivity contribution in [3.05, 3.63) is 66.1 Å². The van der Waals surface area contributed by atoms with Gasteiger partial charge in [0.2, 0.25) is 0 Å². The van der Waals surface area contributed by atoms with Crippen LogP contribution in [-0.2, 0) is 0 Å². The lowest BCUT2D eigenvalue weighted by Gasteiger charge is -2.11. The predicted octanol–water partition coefficient (Wildman–Crippen LogP) is 3.57. The highest BCUT2D eigenvalue weighted by Crippen LogP contribution is 2.26. The Labute approximate surface area is 168 Å². The number of amides is 1. The summed E-state index contributed by atoms with van der Waals surface area (Å²) in [7, 11) is 0. The van der Waals surface area contributed by atoms with Crippen molar-refractivity contribution in [3.63, 3.8) is 0 Å². The summed E-state index contributed by atoms with van der Waals surface area (Å²) >= 11 is 0. The van der Waals surface area contributed by atoms with Crippen molar-refractivity contribution >= 4 is 23.5 Å². The van der Waals surface area contributed by atoms with Gasteiger partial charge in [0.25, 0.3) is 5.91 Å². The number of halogens is 3. The van der Waals surface area contributed by atoms with Gasteiger partial charge in [0.1, 0.15) is 5.75 Å². The number of alkyl halides is 3. The maximum Gasteiger partial charge on any atom is 0.573 e. The Morgan fingerprint density at radius 1 is 1.23 bits per heavy atom. The summed E-state index contributed by atoms with van der Waals surface area (Å²) in [4.78, 5) is 16.8. The van der Waals surface area contributed by atoms with Crippen molar-refractivity contribution in [1.82, 2.24) is 15.2 Å². The number of allylic oxidation sites excluding steroid dienone is 1. The second-order valence-electron chi connectivity index (χ2n) is 5.91. The van der Waals surface area contributed by atoms with Crippen LogP contribution >= 0.6 is 0 Å². The molecule has 0 bridgehead atoms. The monoisotopic (exact) mass is 416 g/mol. The molecule has 0 saturated heterocycles. The molecule has 0 spiro atoms. The minimum atomic E-state index is -4.80. The van der Waals surface area contributed by atoms with Gasteiger partial charge in [0, 0.05) is 29.9 Å². The molecule has 1 amide bonds. The Hall–Kier alpha value is -4.15. The molecule has 0 atom stereocenters. The first-order chi connectivity index (χ1) is 14.3. The van der Waals surface area contributed by atoms with Crippen molar-refractivity contribution in [1.29, 1.82) is 5.41 Å². The van der Waals surface area contributed by atoms with Crippen LogP contribution in [0.5, 0.6) is 5.75 Å². The van der Waals surface area contributed by atoms with E-state index >= 15 is 0 Å². The Kier molecular flexibility index (Phi) is 5.81. The molecule has 0 aliphatic rings. The van der Waals surface area contributed by atoms with Gasteiger partial charge in [-0.25, -0.2) is 0 Å². The van der Waals surface area contributed by atoms with Gasteiger partial charge in [0.05, 0.1) is 22.6 Å². The number of nitrogens with one attached hydrogen (secondary N) is 3. The lowest BCUT2D eigenvalue weighted by Crippen LogP contribution is -2.17. The molecule has 30 heavy (non-hydrogen) atoms. The lowest BCUT2D eigenvalue weighted by molar-refractivity contribution is -0.274. The zero-order valence-corrected chi connectivity index (χ0v) is 15.2. The van der Waals surface area contributed by atoms with E-state index in [0.717, 1.165) is 18.3 Å². The largest absolute Gasteiger partial charge is 0.573 e. The van der Waals surface area contributed by atoms with Gasteiger partial charge in [-0.1, -0.05) is 0 Å². The fourth-order valence-corrected chi connectivity index (χ4v) is 2.54. The van der Waals surface area contributed by atoms with Crippen molar-refractivity contribution in [2.75, 3.05) is 5.32 Å². The average Bonchev–Trinajstić information content (AvgIpc) is 3.23. The second kappa shape index (κ2) is 8.47. The first-order valence-corrected chi connectivity index (χ1v) is 8.40. The fraction of sp³-hybridized carbons (Fsp3) is 0.0526. The molecule has 2 aromatic heterocycles. The molecule has 1 aromatic carbocycles. The van der Waals surface area contributed by atoms with E-state index in [4.69, 9.17) is 11.1 Å². The normalized spacial score (nSPS) is 11.8. The van der Waals surface area contributed by atoms with Gasteiger partial charge in [-0.05, 0) is 42.5 Å². The van der Waals surface area contributed by atoms with Crippen molar-refractivity contribution < 1.29 is 22.7 Å². The minimum absolute atomic E-state index is 0.182. The zero-order valence-electron chi connectivity index (χ0n) is 15.2. The Bertz CT molecular complexity index is 1080. The van der Waals surface area contributed by atoms with Crippen molar-refractivity contribution in [2.45, 2.75) is 6.36 Å². The number of H-pyrrole nitrogens is 1. The number of rotatable bonds is 6. The van der Waals surface area contributed by atoms with Crippen LogP contribution in [0.1, 0.15) is 16.1 Å². The first kappa shape index (κ1) is 20.6. The third-order valence-electron chi connectivity index (χ3n) is 3.82. The number of hydrogen-bond acceptors (Lipinski definition) is 6. The molecule has 0 aliphatic carbocycles. The summed E-state index contributed by atoms with van der Waals surface area (Å²) in [5.74, 6) is -0.935. The van der Waals surface area contributed by atoms with Crippen molar-refractivity contribution in [2.24, 2.45) is 5.73 Å². The minimum Gasteiger partial charge on any atom is -0.406 e. The molecule has 3 aromatic rings. The van der Waals surface area contributed by atoms with Gasteiger partial charge in [0.15, 0.2) is 0 Å². The highest BCUT2D eigenvalue weighted by atomic mass is 19.4. The summed E-state index contributed by atoms with van der Waals surface area (Å²) in [5, 5.41) is 16.4. The fourth-order valence-electron chi connectivity index (χ4n) is 2.54. The quantitative estimate of drug-likeness (QED) is 0.457. The van der Waals surface area contributed by atoms with E-state index in [2.05, 4.69) is 25.2 Å². The topological polar surface area (TPSA) is 130 Å². The van der Waals surface area contributed by atoms with E-state index in [1.165, 1.54) is 36.7 Å². The maximum atomic E-state index is 12.6. The SMILES string of the molecule is N=C/C=C(\N)c1ncc(C(=O)Nc2ccc(OC(F)(F)F)cc2)cc1-c1ccn[nH]1. The standard InChI is InChI=1S/C19H15F3N6O2/c20-19(21,22)30-13-3-1-12(2-4-13)27-18(29)11-9-14(16-6-8-26-28-16)17(25-10-11)15(24)5-7-23/h1-10,23H,24H2,(H,26,28)(H,27,29)/b15-5-,23-7?. The number of hydrogen-bond donors (Lipinski definition) is 4. The molecule has 0 saturated carbocycles. The molecule has 11 heteroatoms. The predicted molar refractivity (Wildman–Crippen MR) is 104 cm³/mol. The molecule has 154 valence electrons. The van der Waals surface area contributed by atoms with Gasteiger partial charge in [-0.3, -0.25) is 14.9 Å². The Morgan fingerprint density at radius 3 is 2.57 bits per heavy atom. The molecule has 5 N–H and O–H groups in total. The molecule has 0 fully saturated rings. The summed E-state index contributed by atoms with van der Waals surface area (Å²) in [6.45, 7) is 0. The van der Waals surface area contributed by atoms with Crippen LogP contribution in [0, 0.1) is 5.41 Å². The second-order valence-corrected chi connectivity index (χ2v) is 5.91. The number of aromatic amines is 1. The average molecular weight is 416 g/mol. The highest BCUT2D eigenvalue weighted by Gasteiger charge is 2.31. The van der Waals surface area contributed by atoms with Crippen LogP contribution in [0.4, 0.5) is 18.9 Å². The van der Waals surface area contributed by atoms with Crippen LogP contribution in [0.2, 0.25) is 0 Å². The smallest absolute Gasteiger partial charge is 0.406 e. The summed E-state index contributed by atoms with van der Waals surface area (Å²) in [6.07, 6.45) is 0.394. The van der Waals surface area contributed by atoms with E-state index in [1.54, 1.807) is 6.07 Å². The van der Waals surface area contributed by atoms with Gasteiger partial charge < -0.3 is 21.2 Å². The van der Waals surface area contributed by atoms with Crippen LogP contribution in [-0.4, -0.2) is 33.7 Å². The van der Waals surface area contributed by atoms with E-state index in [0.29, 0.717) is 17.0 Å². The molecule has 0 unspecified atom stereocenters. The highest BCUT2D eigenvalue weighted by molar-refractivity contribution is 6.05. The lowest BCUT2D eigenvalue weighted by atomic mass is 10.0. The number of pyridine rings is 1. The molecule has 3 rings (SSSR count). The zero-order chi connectivity index (χ0) is 21.7. The van der Waals surface area contributed by atoms with Crippen molar-refractivity contribution in [3.8, 4) is 17.0 Å². The van der Waals surface area contributed by atoms with Gasteiger partial charge in [-0.2, -0.15) is 5.10 Å². The Morgan fingerprint density at radius 2 is 1.97 bits per heavy atom. The summed E-state index contributed by atoms with van der Waals surface area (Å²) in [5.41, 5.74) is 8.02. The molecule has 0 aliphatic heterocycles. The van der Waals surface area contributed by atoms with Gasteiger partial charge >= 0.3 is 6.36 Å². The number of aromatic nitrogens is 3. The third kappa shape index (κ3) is 5.01. The molecule has 0 radical (unpaired) electrons. The van der Waals surface area contributed by atoms with Crippen LogP contribution in [0.3, 0.4) is 0 Å². The van der Waals surface area contributed by atoms with Gasteiger partial charge in [-0.15, -0.1) is 13.2 Å². The third-order valence-corrected chi connectivity index (χ3v) is 3.82. The number of nitrogens with zero attached hydrogens (tertiary/aromatic N) is 2. The maximum absolute atomic E-state index is 12.6. The number of carbonyl (C=O) groups excluding carboxylic acids is 1. The molecule has 8 nitrogen and oxygen atoms in total.